The Morgan fingerprint density at radius 1 is 1.07 bits per heavy atom. The van der Waals surface area contributed by atoms with Crippen LogP contribution < -0.4 is 15.5 Å². The Morgan fingerprint density at radius 3 is 2.47 bits per heavy atom. The summed E-state index contributed by atoms with van der Waals surface area (Å²) in [6, 6.07) is 12.9. The van der Waals surface area contributed by atoms with Crippen LogP contribution in [0.5, 0.6) is 0 Å². The van der Waals surface area contributed by atoms with Crippen molar-refractivity contribution >= 4 is 34.8 Å². The summed E-state index contributed by atoms with van der Waals surface area (Å²) in [7, 11) is 0. The molecule has 0 aliphatic carbocycles. The topological polar surface area (TPSA) is 87.7 Å². The second kappa shape index (κ2) is 9.26. The first-order chi connectivity index (χ1) is 14.4. The monoisotopic (exact) mass is 407 g/mol. The SMILES string of the molecule is CCOC(=O)CC1=CC(=O)N(CC(=O)Nc2c(C)cccc2C)c2ccccc2N1. The van der Waals surface area contributed by atoms with Gasteiger partial charge in [-0.15, -0.1) is 0 Å². The van der Waals surface area contributed by atoms with Gasteiger partial charge in [-0.3, -0.25) is 19.3 Å². The van der Waals surface area contributed by atoms with Crippen LogP contribution in [-0.2, 0) is 19.1 Å². The van der Waals surface area contributed by atoms with E-state index >= 15 is 0 Å². The number of ether oxygens (including phenoxy) is 1. The minimum Gasteiger partial charge on any atom is -0.466 e. The zero-order valence-corrected chi connectivity index (χ0v) is 17.3. The minimum absolute atomic E-state index is 0.0592. The number of fused-ring (bicyclic) bond motifs is 1. The van der Waals surface area contributed by atoms with Crippen LogP contribution in [0.15, 0.2) is 54.2 Å². The summed E-state index contributed by atoms with van der Waals surface area (Å²) in [5, 5.41) is 6.03. The predicted octanol–water partition coefficient (Wildman–Crippen LogP) is 3.54. The Labute approximate surface area is 175 Å². The van der Waals surface area contributed by atoms with Crippen LogP contribution in [0.1, 0.15) is 24.5 Å². The number of amides is 2. The molecule has 2 amide bonds. The molecule has 7 heteroatoms. The molecule has 30 heavy (non-hydrogen) atoms. The molecular weight excluding hydrogens is 382 g/mol. The number of hydrogen-bond donors (Lipinski definition) is 2. The molecule has 1 aliphatic rings. The van der Waals surface area contributed by atoms with E-state index in [1.165, 1.54) is 11.0 Å². The molecule has 156 valence electrons. The summed E-state index contributed by atoms with van der Waals surface area (Å²) in [5.41, 5.74) is 4.26. The molecule has 0 radical (unpaired) electrons. The number of benzene rings is 2. The van der Waals surface area contributed by atoms with Gasteiger partial charge in [0.25, 0.3) is 5.91 Å². The Bertz CT molecular complexity index is 993. The highest BCUT2D eigenvalue weighted by molar-refractivity contribution is 6.10. The third kappa shape index (κ3) is 4.86. The van der Waals surface area contributed by atoms with Gasteiger partial charge in [0.2, 0.25) is 5.91 Å². The van der Waals surface area contributed by atoms with Gasteiger partial charge in [-0.1, -0.05) is 30.3 Å². The van der Waals surface area contributed by atoms with Crippen LogP contribution in [0.2, 0.25) is 0 Å². The van der Waals surface area contributed by atoms with Crippen LogP contribution in [0.25, 0.3) is 0 Å². The van der Waals surface area contributed by atoms with Gasteiger partial charge < -0.3 is 15.4 Å². The molecule has 0 saturated heterocycles. The molecule has 7 nitrogen and oxygen atoms in total. The van der Waals surface area contributed by atoms with Crippen molar-refractivity contribution in [3.05, 3.63) is 65.4 Å². The van der Waals surface area contributed by atoms with Gasteiger partial charge in [0.1, 0.15) is 6.54 Å². The van der Waals surface area contributed by atoms with E-state index in [-0.39, 0.29) is 31.4 Å². The van der Waals surface area contributed by atoms with E-state index in [9.17, 15) is 14.4 Å². The average Bonchev–Trinajstić information content (AvgIpc) is 2.81. The third-order valence-electron chi connectivity index (χ3n) is 4.74. The molecule has 3 rings (SSSR count). The standard InChI is InChI=1S/C23H25N3O4/c1-4-30-22(29)13-17-12-21(28)26(19-11-6-5-10-18(19)24-17)14-20(27)25-23-15(2)8-7-9-16(23)3/h5-12,24H,4,13-14H2,1-3H3,(H,25,27). The molecule has 0 saturated carbocycles. The molecule has 2 N–H and O–H groups in total. The number of nitrogens with zero attached hydrogens (tertiary/aromatic N) is 1. The minimum atomic E-state index is -0.428. The van der Waals surface area contributed by atoms with Gasteiger partial charge in [0, 0.05) is 17.5 Å². The first kappa shape index (κ1) is 21.1. The lowest BCUT2D eigenvalue weighted by Crippen LogP contribution is -2.37. The van der Waals surface area contributed by atoms with E-state index in [2.05, 4.69) is 10.6 Å². The highest BCUT2D eigenvalue weighted by atomic mass is 16.5. The maximum absolute atomic E-state index is 12.9. The summed E-state index contributed by atoms with van der Waals surface area (Å²) in [4.78, 5) is 39.0. The van der Waals surface area contributed by atoms with Crippen LogP contribution >= 0.6 is 0 Å². The van der Waals surface area contributed by atoms with E-state index in [1.54, 1.807) is 25.1 Å². The number of esters is 1. The van der Waals surface area contributed by atoms with Crippen molar-refractivity contribution in [2.75, 3.05) is 28.7 Å². The van der Waals surface area contributed by atoms with Crippen molar-refractivity contribution in [1.82, 2.24) is 0 Å². The number of aryl methyl sites for hydroxylation is 2. The quantitative estimate of drug-likeness (QED) is 0.715. The number of nitrogens with one attached hydrogen (secondary N) is 2. The largest absolute Gasteiger partial charge is 0.466 e. The lowest BCUT2D eigenvalue weighted by atomic mass is 10.1. The third-order valence-corrected chi connectivity index (χ3v) is 4.74. The summed E-state index contributed by atoms with van der Waals surface area (Å²) >= 11 is 0. The lowest BCUT2D eigenvalue weighted by molar-refractivity contribution is -0.142. The maximum Gasteiger partial charge on any atom is 0.311 e. The number of rotatable bonds is 6. The highest BCUT2D eigenvalue weighted by Crippen LogP contribution is 2.30. The number of anilines is 3. The Balaban J connectivity index is 1.84. The Kier molecular flexibility index (Phi) is 6.51. The predicted molar refractivity (Wildman–Crippen MR) is 116 cm³/mol. The number of para-hydroxylation sites is 3. The number of carbonyl (C=O) groups excluding carboxylic acids is 3. The van der Waals surface area contributed by atoms with Crippen LogP contribution in [-0.4, -0.2) is 30.9 Å². The van der Waals surface area contributed by atoms with Crippen molar-refractivity contribution in [3.8, 4) is 0 Å². The van der Waals surface area contributed by atoms with Gasteiger partial charge in [-0.25, -0.2) is 0 Å². The fourth-order valence-electron chi connectivity index (χ4n) is 3.33. The van der Waals surface area contributed by atoms with E-state index in [1.807, 2.05) is 38.1 Å². The van der Waals surface area contributed by atoms with Crippen molar-refractivity contribution < 1.29 is 19.1 Å². The molecular formula is C23H25N3O4. The zero-order valence-electron chi connectivity index (χ0n) is 17.3. The highest BCUT2D eigenvalue weighted by Gasteiger charge is 2.25. The molecule has 0 spiro atoms. The van der Waals surface area contributed by atoms with Gasteiger partial charge in [0.05, 0.1) is 24.4 Å². The van der Waals surface area contributed by atoms with Crippen LogP contribution in [0.4, 0.5) is 17.1 Å². The van der Waals surface area contributed by atoms with Gasteiger partial charge >= 0.3 is 5.97 Å². The number of hydrogen-bond acceptors (Lipinski definition) is 5. The van der Waals surface area contributed by atoms with Gasteiger partial charge in [0.15, 0.2) is 0 Å². The van der Waals surface area contributed by atoms with Crippen molar-refractivity contribution in [3.63, 3.8) is 0 Å². The van der Waals surface area contributed by atoms with Crippen LogP contribution in [0.3, 0.4) is 0 Å². The molecule has 0 aromatic heterocycles. The zero-order chi connectivity index (χ0) is 21.7. The molecule has 2 aromatic rings. The van der Waals surface area contributed by atoms with Crippen molar-refractivity contribution in [1.29, 1.82) is 0 Å². The van der Waals surface area contributed by atoms with Crippen LogP contribution in [0, 0.1) is 13.8 Å². The maximum atomic E-state index is 12.9. The fraction of sp³-hybridized carbons (Fsp3) is 0.261. The molecule has 0 fully saturated rings. The number of carbonyl (C=O) groups is 3. The molecule has 2 aromatic carbocycles. The first-order valence-electron chi connectivity index (χ1n) is 9.79. The first-order valence-corrected chi connectivity index (χ1v) is 9.79. The van der Waals surface area contributed by atoms with E-state index < -0.39 is 5.97 Å². The molecule has 1 heterocycles. The lowest BCUT2D eigenvalue weighted by Gasteiger charge is -2.22. The van der Waals surface area contributed by atoms with Gasteiger partial charge in [-0.2, -0.15) is 0 Å². The molecule has 0 unspecified atom stereocenters. The molecule has 0 bridgehead atoms. The molecule has 0 atom stereocenters. The van der Waals surface area contributed by atoms with Crippen molar-refractivity contribution in [2.45, 2.75) is 27.2 Å². The van der Waals surface area contributed by atoms with E-state index in [0.29, 0.717) is 17.1 Å². The molecule has 1 aliphatic heterocycles. The summed E-state index contributed by atoms with van der Waals surface area (Å²) in [6.45, 7) is 5.67. The van der Waals surface area contributed by atoms with Crippen molar-refractivity contribution in [2.24, 2.45) is 0 Å². The average molecular weight is 407 g/mol. The van der Waals surface area contributed by atoms with E-state index in [4.69, 9.17) is 4.74 Å². The smallest absolute Gasteiger partial charge is 0.311 e. The normalized spacial score (nSPS) is 13.0. The second-order valence-corrected chi connectivity index (χ2v) is 7.03. The van der Waals surface area contributed by atoms with Gasteiger partial charge in [-0.05, 0) is 44.0 Å². The summed E-state index contributed by atoms with van der Waals surface area (Å²) < 4.78 is 4.98. The van der Waals surface area contributed by atoms with E-state index in [0.717, 1.165) is 16.8 Å². The summed E-state index contributed by atoms with van der Waals surface area (Å²) in [5.74, 6) is -1.12. The Hall–Kier alpha value is -3.61. The summed E-state index contributed by atoms with van der Waals surface area (Å²) in [6.07, 6.45) is 1.28. The Morgan fingerprint density at radius 2 is 1.77 bits per heavy atom. The fourth-order valence-corrected chi connectivity index (χ4v) is 3.33. The second-order valence-electron chi connectivity index (χ2n) is 7.03.